The van der Waals surface area contributed by atoms with Gasteiger partial charge in [-0.3, -0.25) is 19.9 Å². The highest BCUT2D eigenvalue weighted by molar-refractivity contribution is 5.97. The van der Waals surface area contributed by atoms with E-state index in [1.54, 1.807) is 12.4 Å². The number of amides is 1. The number of H-pyrrole nitrogens is 2. The summed E-state index contributed by atoms with van der Waals surface area (Å²) in [6.07, 6.45) is 9.98. The number of benzene rings is 2. The maximum absolute atomic E-state index is 14.7. The van der Waals surface area contributed by atoms with Crippen LogP contribution < -0.4 is 10.6 Å². The summed E-state index contributed by atoms with van der Waals surface area (Å²) < 4.78 is 14.7. The minimum atomic E-state index is -0.351. The molecule has 246 valence electrons. The molecule has 2 aromatic carbocycles. The number of likely N-dealkylation sites (N-methyl/N-ethyl adjacent to an activating group) is 1. The van der Waals surface area contributed by atoms with Gasteiger partial charge in [0, 0.05) is 53.6 Å². The Morgan fingerprint density at radius 3 is 2.62 bits per heavy atom. The van der Waals surface area contributed by atoms with E-state index in [1.165, 1.54) is 31.4 Å². The smallest absolute Gasteiger partial charge is 0.224 e. The molecule has 48 heavy (non-hydrogen) atoms. The number of nitrogens with one attached hydrogen (secondary N) is 4. The maximum atomic E-state index is 14.7. The molecule has 7 rings (SSSR count). The van der Waals surface area contributed by atoms with Crippen LogP contribution in [0.2, 0.25) is 0 Å². The molecular formula is C37H40FN9O. The molecule has 0 radical (unpaired) electrons. The Hall–Kier alpha value is -5.16. The number of carbonyl (C=O) groups excluding carboxylic acids is 1. The van der Waals surface area contributed by atoms with E-state index in [-0.39, 0.29) is 11.7 Å². The number of rotatable bonds is 10. The lowest BCUT2D eigenvalue weighted by Crippen LogP contribution is -2.20. The summed E-state index contributed by atoms with van der Waals surface area (Å²) in [5.74, 6) is 0.741. The third kappa shape index (κ3) is 6.91. The van der Waals surface area contributed by atoms with Crippen molar-refractivity contribution < 1.29 is 9.18 Å². The molecule has 0 atom stereocenters. The van der Waals surface area contributed by atoms with Gasteiger partial charge in [0.25, 0.3) is 0 Å². The lowest BCUT2D eigenvalue weighted by molar-refractivity contribution is -0.117. The number of halogens is 1. The minimum Gasteiger partial charge on any atom is -0.384 e. The molecule has 4 N–H and O–H groups in total. The van der Waals surface area contributed by atoms with Gasteiger partial charge in [0.15, 0.2) is 5.82 Å². The van der Waals surface area contributed by atoms with Crippen molar-refractivity contribution in [1.82, 2.24) is 35.0 Å². The van der Waals surface area contributed by atoms with Crippen molar-refractivity contribution in [3.05, 3.63) is 72.3 Å². The first kappa shape index (κ1) is 31.4. The molecule has 1 amide bonds. The zero-order valence-corrected chi connectivity index (χ0v) is 27.5. The van der Waals surface area contributed by atoms with Gasteiger partial charge >= 0.3 is 0 Å². The second-order valence-electron chi connectivity index (χ2n) is 13.1. The molecular weight excluding hydrogens is 605 g/mol. The van der Waals surface area contributed by atoms with Gasteiger partial charge in [-0.1, -0.05) is 19.3 Å². The Labute approximate surface area is 278 Å². The first-order valence-electron chi connectivity index (χ1n) is 16.6. The van der Waals surface area contributed by atoms with Crippen LogP contribution in [0.3, 0.4) is 0 Å². The third-order valence-electron chi connectivity index (χ3n) is 8.99. The average Bonchev–Trinajstić information content (AvgIpc) is 3.68. The highest BCUT2D eigenvalue weighted by Crippen LogP contribution is 2.34. The van der Waals surface area contributed by atoms with Gasteiger partial charge in [-0.25, -0.2) is 9.37 Å². The lowest BCUT2D eigenvalue weighted by Gasteiger charge is -2.21. The Morgan fingerprint density at radius 2 is 1.79 bits per heavy atom. The molecule has 6 aromatic rings. The highest BCUT2D eigenvalue weighted by atomic mass is 19.1. The zero-order valence-electron chi connectivity index (χ0n) is 27.5. The molecule has 4 heterocycles. The topological polar surface area (TPSA) is 128 Å². The zero-order chi connectivity index (χ0) is 33.2. The first-order valence-corrected chi connectivity index (χ1v) is 16.6. The number of imidazole rings is 1. The van der Waals surface area contributed by atoms with Gasteiger partial charge in [-0.15, -0.1) is 0 Å². The SMILES string of the molecule is Cc1cc(NC(=O)CC2CCCCC2)cc(-c2cc3c(-c4nc5c(-c6cc(F)cc(NCCN(C)C)c6)nccc5[nH]4)n[nH]c3cn2)c1. The average molecular weight is 646 g/mol. The van der Waals surface area contributed by atoms with Crippen molar-refractivity contribution >= 4 is 39.2 Å². The summed E-state index contributed by atoms with van der Waals surface area (Å²) >= 11 is 0. The van der Waals surface area contributed by atoms with Crippen molar-refractivity contribution in [2.45, 2.75) is 45.4 Å². The molecule has 10 nitrogen and oxygen atoms in total. The minimum absolute atomic E-state index is 0.0628. The van der Waals surface area contributed by atoms with Gasteiger partial charge in [0.1, 0.15) is 17.0 Å². The molecule has 11 heteroatoms. The van der Waals surface area contributed by atoms with E-state index < -0.39 is 0 Å². The van der Waals surface area contributed by atoms with Crippen LogP contribution in [-0.4, -0.2) is 68.1 Å². The van der Waals surface area contributed by atoms with E-state index in [0.717, 1.165) is 58.3 Å². The Bertz CT molecular complexity index is 2090. The van der Waals surface area contributed by atoms with Crippen molar-refractivity contribution in [2.24, 2.45) is 5.92 Å². The monoisotopic (exact) mass is 645 g/mol. The highest BCUT2D eigenvalue weighted by Gasteiger charge is 2.19. The van der Waals surface area contributed by atoms with Crippen molar-refractivity contribution in [1.29, 1.82) is 0 Å². The van der Waals surface area contributed by atoms with Crippen molar-refractivity contribution in [2.75, 3.05) is 37.8 Å². The number of hydrogen-bond acceptors (Lipinski definition) is 7. The van der Waals surface area contributed by atoms with E-state index in [9.17, 15) is 9.18 Å². The van der Waals surface area contributed by atoms with Crippen LogP contribution in [0, 0.1) is 18.7 Å². The van der Waals surface area contributed by atoms with Crippen LogP contribution in [0.1, 0.15) is 44.1 Å². The van der Waals surface area contributed by atoms with Gasteiger partial charge < -0.3 is 20.5 Å². The van der Waals surface area contributed by atoms with Gasteiger partial charge in [-0.2, -0.15) is 5.10 Å². The Kier molecular flexibility index (Phi) is 8.86. The number of hydrogen-bond donors (Lipinski definition) is 4. The molecule has 1 fully saturated rings. The van der Waals surface area contributed by atoms with E-state index in [4.69, 9.17) is 9.97 Å². The largest absolute Gasteiger partial charge is 0.384 e. The fraction of sp³-hybridized carbons (Fsp3) is 0.324. The van der Waals surface area contributed by atoms with Gasteiger partial charge in [-0.05, 0) is 93.9 Å². The lowest BCUT2D eigenvalue weighted by atomic mass is 9.87. The standard InChI is InChI=1S/C37H40FN9O/c1-22-13-24(17-28(14-22)42-33(48)15-23-7-5-4-6-8-23)31-20-29-32(21-41-31)45-46-35(29)37-43-30-9-10-40-34(36(30)44-37)25-16-26(38)19-27(18-25)39-11-12-47(2)3/h9-10,13-14,16-21,23,39H,4-8,11-12,15H2,1-3H3,(H,42,48)(H,43,44)(H,45,46). The summed E-state index contributed by atoms with van der Waals surface area (Å²) in [6.45, 7) is 3.52. The number of anilines is 2. The molecule has 0 spiro atoms. The summed E-state index contributed by atoms with van der Waals surface area (Å²) in [6, 6.07) is 14.7. The number of aromatic amines is 2. The van der Waals surface area contributed by atoms with E-state index >= 15 is 0 Å². The molecule has 0 saturated heterocycles. The van der Waals surface area contributed by atoms with Crippen LogP contribution in [0.5, 0.6) is 0 Å². The van der Waals surface area contributed by atoms with E-state index in [0.29, 0.717) is 52.9 Å². The van der Waals surface area contributed by atoms with E-state index in [1.807, 2.05) is 51.4 Å². The second-order valence-corrected chi connectivity index (χ2v) is 13.1. The molecule has 1 saturated carbocycles. The van der Waals surface area contributed by atoms with Crippen molar-refractivity contribution in [3.63, 3.8) is 0 Å². The number of nitrogens with zero attached hydrogens (tertiary/aromatic N) is 5. The summed E-state index contributed by atoms with van der Waals surface area (Å²) in [5.41, 5.74) is 8.12. The summed E-state index contributed by atoms with van der Waals surface area (Å²) in [7, 11) is 3.99. The molecule has 0 unspecified atom stereocenters. The fourth-order valence-corrected chi connectivity index (χ4v) is 6.63. The number of aryl methyl sites for hydroxylation is 1. The maximum Gasteiger partial charge on any atom is 0.224 e. The summed E-state index contributed by atoms with van der Waals surface area (Å²) in [4.78, 5) is 32.6. The number of aromatic nitrogens is 6. The first-order chi connectivity index (χ1) is 23.3. The van der Waals surface area contributed by atoms with Crippen LogP contribution in [0.4, 0.5) is 15.8 Å². The number of fused-ring (bicyclic) bond motifs is 2. The fourth-order valence-electron chi connectivity index (χ4n) is 6.63. The molecule has 4 aromatic heterocycles. The number of pyridine rings is 2. The Balaban J connectivity index is 1.18. The molecule has 0 aliphatic heterocycles. The predicted molar refractivity (Wildman–Crippen MR) is 189 cm³/mol. The normalized spacial score (nSPS) is 13.9. The third-order valence-corrected chi connectivity index (χ3v) is 8.99. The molecule has 0 bridgehead atoms. The Morgan fingerprint density at radius 1 is 0.958 bits per heavy atom. The van der Waals surface area contributed by atoms with Crippen LogP contribution >= 0.6 is 0 Å². The van der Waals surface area contributed by atoms with E-state index in [2.05, 4.69) is 41.8 Å². The molecule has 1 aliphatic carbocycles. The molecule has 1 aliphatic rings. The summed E-state index contributed by atoms with van der Waals surface area (Å²) in [5, 5.41) is 14.9. The quantitative estimate of drug-likeness (QED) is 0.121. The van der Waals surface area contributed by atoms with Gasteiger partial charge in [0.2, 0.25) is 5.91 Å². The van der Waals surface area contributed by atoms with Gasteiger partial charge in [0.05, 0.1) is 28.6 Å². The number of carbonyl (C=O) groups is 1. The van der Waals surface area contributed by atoms with Crippen LogP contribution in [-0.2, 0) is 4.79 Å². The van der Waals surface area contributed by atoms with Crippen molar-refractivity contribution in [3.8, 4) is 34.0 Å². The van der Waals surface area contributed by atoms with Crippen LogP contribution in [0.25, 0.3) is 56.0 Å². The second kappa shape index (κ2) is 13.5. The predicted octanol–water partition coefficient (Wildman–Crippen LogP) is 7.56. The van der Waals surface area contributed by atoms with Crippen LogP contribution in [0.15, 0.2) is 60.9 Å².